The summed E-state index contributed by atoms with van der Waals surface area (Å²) in [6.45, 7) is 1.84. The van der Waals surface area contributed by atoms with Crippen molar-refractivity contribution in [3.05, 3.63) is 35.6 Å². The SMILES string of the molecule is CC(c1ccc(F)cc1)N(I)CC(=O)O. The van der Waals surface area contributed by atoms with E-state index in [-0.39, 0.29) is 18.4 Å². The van der Waals surface area contributed by atoms with Crippen molar-refractivity contribution in [2.45, 2.75) is 13.0 Å². The minimum absolute atomic E-state index is 0.0426. The first-order valence-electron chi connectivity index (χ1n) is 4.40. The topological polar surface area (TPSA) is 40.5 Å². The molecule has 82 valence electrons. The van der Waals surface area contributed by atoms with Crippen LogP contribution in [0.25, 0.3) is 0 Å². The van der Waals surface area contributed by atoms with Gasteiger partial charge in [0.05, 0.1) is 0 Å². The molecule has 0 aliphatic heterocycles. The highest BCUT2D eigenvalue weighted by Crippen LogP contribution is 2.23. The second-order valence-corrected chi connectivity index (χ2v) is 4.42. The van der Waals surface area contributed by atoms with Crippen LogP contribution in [0.4, 0.5) is 4.39 Å². The molecule has 1 N–H and O–H groups in total. The van der Waals surface area contributed by atoms with Crippen LogP contribution in [-0.2, 0) is 4.79 Å². The standard InChI is InChI=1S/C10H11FINO2/c1-7(13(12)6-10(14)15)8-2-4-9(11)5-3-8/h2-5,7H,6H2,1H3,(H,14,15). The van der Waals surface area contributed by atoms with Gasteiger partial charge in [0.2, 0.25) is 0 Å². The molecular weight excluding hydrogens is 312 g/mol. The predicted octanol–water partition coefficient (Wildman–Crippen LogP) is 2.62. The zero-order valence-corrected chi connectivity index (χ0v) is 10.3. The Balaban J connectivity index is 2.71. The maximum atomic E-state index is 12.7. The Morgan fingerprint density at radius 2 is 2.07 bits per heavy atom. The van der Waals surface area contributed by atoms with E-state index in [1.54, 1.807) is 15.2 Å². The van der Waals surface area contributed by atoms with Gasteiger partial charge in [-0.15, -0.1) is 0 Å². The van der Waals surface area contributed by atoms with E-state index >= 15 is 0 Å². The van der Waals surface area contributed by atoms with Gasteiger partial charge in [0.1, 0.15) is 12.4 Å². The molecule has 0 spiro atoms. The lowest BCUT2D eigenvalue weighted by molar-refractivity contribution is -0.137. The summed E-state index contributed by atoms with van der Waals surface area (Å²) in [5.74, 6) is -1.16. The molecule has 15 heavy (non-hydrogen) atoms. The molecule has 3 nitrogen and oxygen atoms in total. The number of benzene rings is 1. The van der Waals surface area contributed by atoms with Crippen LogP contribution in [0.15, 0.2) is 24.3 Å². The van der Waals surface area contributed by atoms with Gasteiger partial charge in [-0.25, -0.2) is 7.50 Å². The van der Waals surface area contributed by atoms with Gasteiger partial charge in [-0.1, -0.05) is 12.1 Å². The number of rotatable bonds is 4. The molecule has 1 aromatic rings. The van der Waals surface area contributed by atoms with Crippen molar-refractivity contribution in [1.29, 1.82) is 0 Å². The van der Waals surface area contributed by atoms with Crippen LogP contribution < -0.4 is 0 Å². The van der Waals surface area contributed by atoms with E-state index in [4.69, 9.17) is 5.11 Å². The number of carbonyl (C=O) groups is 1. The minimum Gasteiger partial charge on any atom is -0.480 e. The number of nitrogens with zero attached hydrogens (tertiary/aromatic N) is 1. The quantitative estimate of drug-likeness (QED) is 0.684. The third-order valence-electron chi connectivity index (χ3n) is 2.06. The summed E-state index contributed by atoms with van der Waals surface area (Å²) >= 11 is 1.95. The summed E-state index contributed by atoms with van der Waals surface area (Å²) in [4.78, 5) is 10.5. The predicted molar refractivity (Wildman–Crippen MR) is 63.2 cm³/mol. The van der Waals surface area contributed by atoms with Crippen LogP contribution in [-0.4, -0.2) is 20.7 Å². The van der Waals surface area contributed by atoms with E-state index in [1.807, 2.05) is 29.8 Å². The first kappa shape index (κ1) is 12.4. The van der Waals surface area contributed by atoms with Crippen LogP contribution in [0, 0.1) is 5.82 Å². The Morgan fingerprint density at radius 3 is 2.53 bits per heavy atom. The van der Waals surface area contributed by atoms with E-state index in [9.17, 15) is 9.18 Å². The number of aliphatic carboxylic acids is 1. The molecule has 0 saturated carbocycles. The second kappa shape index (κ2) is 5.41. The largest absolute Gasteiger partial charge is 0.480 e. The van der Waals surface area contributed by atoms with Crippen molar-refractivity contribution in [1.82, 2.24) is 3.11 Å². The van der Waals surface area contributed by atoms with Gasteiger partial charge < -0.3 is 5.11 Å². The van der Waals surface area contributed by atoms with Crippen LogP contribution in [0.2, 0.25) is 0 Å². The maximum Gasteiger partial charge on any atom is 0.318 e. The molecule has 0 fully saturated rings. The molecule has 0 saturated heterocycles. The number of halogens is 2. The number of carboxylic acid groups (broad SMARTS) is 1. The van der Waals surface area contributed by atoms with Gasteiger partial charge in [-0.2, -0.15) is 0 Å². The monoisotopic (exact) mass is 323 g/mol. The lowest BCUT2D eigenvalue weighted by Gasteiger charge is -2.20. The third kappa shape index (κ3) is 3.75. The van der Waals surface area contributed by atoms with Crippen LogP contribution in [0.1, 0.15) is 18.5 Å². The van der Waals surface area contributed by atoms with Gasteiger partial charge >= 0.3 is 5.97 Å². The summed E-state index contributed by atoms with van der Waals surface area (Å²) in [5.41, 5.74) is 0.895. The summed E-state index contributed by atoms with van der Waals surface area (Å²) < 4.78 is 14.3. The fraction of sp³-hybridized carbons (Fsp3) is 0.300. The van der Waals surface area contributed by atoms with Gasteiger partial charge in [0.15, 0.2) is 0 Å². The average Bonchev–Trinajstić information content (AvgIpc) is 2.17. The molecule has 5 heteroatoms. The van der Waals surface area contributed by atoms with Crippen molar-refractivity contribution in [2.75, 3.05) is 6.54 Å². The molecule has 1 unspecified atom stereocenters. The zero-order chi connectivity index (χ0) is 11.4. The van der Waals surface area contributed by atoms with E-state index < -0.39 is 5.97 Å². The van der Waals surface area contributed by atoms with Crippen LogP contribution in [0.5, 0.6) is 0 Å². The smallest absolute Gasteiger partial charge is 0.318 e. The summed E-state index contributed by atoms with van der Waals surface area (Å²) in [6.07, 6.45) is 0. The lowest BCUT2D eigenvalue weighted by Crippen LogP contribution is -2.23. The minimum atomic E-state index is -0.877. The Kier molecular flexibility index (Phi) is 4.46. The van der Waals surface area contributed by atoms with E-state index in [2.05, 4.69) is 0 Å². The Hall–Kier alpha value is -0.690. The molecule has 0 radical (unpaired) electrons. The summed E-state index contributed by atoms with van der Waals surface area (Å²) in [7, 11) is 0. The molecule has 0 aliphatic rings. The lowest BCUT2D eigenvalue weighted by atomic mass is 10.1. The van der Waals surface area contributed by atoms with Gasteiger partial charge in [-0.05, 0) is 24.6 Å². The van der Waals surface area contributed by atoms with Crippen LogP contribution in [0.3, 0.4) is 0 Å². The molecule has 1 rings (SSSR count). The second-order valence-electron chi connectivity index (χ2n) is 3.18. The van der Waals surface area contributed by atoms with Crippen molar-refractivity contribution >= 4 is 28.8 Å². The molecule has 0 amide bonds. The third-order valence-corrected chi connectivity index (χ3v) is 3.24. The molecule has 0 bridgehead atoms. The molecule has 0 heterocycles. The van der Waals surface area contributed by atoms with Crippen molar-refractivity contribution in [3.63, 3.8) is 0 Å². The van der Waals surface area contributed by atoms with Crippen LogP contribution >= 0.6 is 22.9 Å². The average molecular weight is 323 g/mol. The van der Waals surface area contributed by atoms with E-state index in [0.717, 1.165) is 5.56 Å². The number of carboxylic acids is 1. The number of hydrogen-bond acceptors (Lipinski definition) is 2. The van der Waals surface area contributed by atoms with Crippen molar-refractivity contribution in [2.24, 2.45) is 0 Å². The summed E-state index contributed by atoms with van der Waals surface area (Å²) in [6, 6.07) is 6.01. The highest BCUT2D eigenvalue weighted by Gasteiger charge is 2.15. The summed E-state index contributed by atoms with van der Waals surface area (Å²) in [5, 5.41) is 8.62. The molecule has 1 aromatic carbocycles. The van der Waals surface area contributed by atoms with E-state index in [0.29, 0.717) is 0 Å². The van der Waals surface area contributed by atoms with Gasteiger partial charge in [0, 0.05) is 28.9 Å². The maximum absolute atomic E-state index is 12.7. The highest BCUT2D eigenvalue weighted by molar-refractivity contribution is 14.1. The van der Waals surface area contributed by atoms with Crippen molar-refractivity contribution in [3.8, 4) is 0 Å². The Morgan fingerprint density at radius 1 is 1.53 bits per heavy atom. The van der Waals surface area contributed by atoms with Gasteiger partial charge in [0.25, 0.3) is 0 Å². The first-order chi connectivity index (χ1) is 7.00. The molecule has 0 aromatic heterocycles. The highest BCUT2D eigenvalue weighted by atomic mass is 127. The Labute approximate surface area is 101 Å². The number of hydrogen-bond donors (Lipinski definition) is 1. The normalized spacial score (nSPS) is 12.8. The van der Waals surface area contributed by atoms with Gasteiger partial charge in [-0.3, -0.25) is 4.79 Å². The fourth-order valence-corrected chi connectivity index (χ4v) is 1.78. The Bertz CT molecular complexity index is 342. The molecule has 1 atom stereocenters. The van der Waals surface area contributed by atoms with E-state index in [1.165, 1.54) is 12.1 Å². The zero-order valence-electron chi connectivity index (χ0n) is 8.15. The fourth-order valence-electron chi connectivity index (χ4n) is 1.17. The van der Waals surface area contributed by atoms with Crippen molar-refractivity contribution < 1.29 is 14.3 Å². The first-order valence-corrected chi connectivity index (χ1v) is 5.37. The molecule has 0 aliphatic carbocycles. The molecular formula is C10H11FINO2.